The number of nitrogens with zero attached hydrogens (tertiary/aromatic N) is 5. The third kappa shape index (κ3) is 11.7. The second kappa shape index (κ2) is 18.4. The second-order valence-electron chi connectivity index (χ2n) is 14.1. The van der Waals surface area contributed by atoms with Crippen molar-refractivity contribution in [3.63, 3.8) is 0 Å². The number of hydrogen-bond donors (Lipinski definition) is 0. The SMILES string of the molecule is CC1CCCN(C(C)C)C1.CC1CCCN(C(C)C)C1.CN1CCC(c2nc3ccccc3s2)CC1.c1ccc2scnc2c1. The van der Waals surface area contributed by atoms with E-state index in [0.717, 1.165) is 29.4 Å². The molecule has 3 aliphatic rings. The minimum absolute atomic E-state index is 0.689. The third-order valence-electron chi connectivity index (χ3n) is 9.45. The average Bonchev–Trinajstić information content (AvgIpc) is 3.70. The number of piperidine rings is 3. The van der Waals surface area contributed by atoms with Gasteiger partial charge in [-0.25, -0.2) is 9.97 Å². The molecule has 5 heterocycles. The summed E-state index contributed by atoms with van der Waals surface area (Å²) < 4.78 is 2.59. The van der Waals surface area contributed by atoms with Gasteiger partial charge in [-0.05, 0) is 136 Å². The number of benzene rings is 2. The number of fused-ring (bicyclic) bond motifs is 2. The summed E-state index contributed by atoms with van der Waals surface area (Å²) in [6.07, 6.45) is 8.19. The van der Waals surface area contributed by atoms with Crippen LogP contribution in [0.2, 0.25) is 0 Å². The van der Waals surface area contributed by atoms with Gasteiger partial charge < -0.3 is 14.7 Å². The lowest BCUT2D eigenvalue weighted by Crippen LogP contribution is -2.38. The zero-order valence-electron chi connectivity index (χ0n) is 29.1. The molecule has 3 saturated heterocycles. The topological polar surface area (TPSA) is 35.5 Å². The molecule has 7 heteroatoms. The Morgan fingerprint density at radius 1 is 0.689 bits per heavy atom. The highest BCUT2D eigenvalue weighted by molar-refractivity contribution is 7.18. The Balaban J connectivity index is 0.000000141. The van der Waals surface area contributed by atoms with Crippen LogP contribution in [0.4, 0.5) is 0 Å². The molecule has 3 aliphatic heterocycles. The molecule has 7 rings (SSSR count). The lowest BCUT2D eigenvalue weighted by atomic mass is 9.98. The van der Waals surface area contributed by atoms with Crippen molar-refractivity contribution in [1.82, 2.24) is 24.7 Å². The van der Waals surface area contributed by atoms with Gasteiger partial charge in [-0.3, -0.25) is 0 Å². The molecule has 0 N–H and O–H groups in total. The summed E-state index contributed by atoms with van der Waals surface area (Å²) in [5.41, 5.74) is 4.13. The van der Waals surface area contributed by atoms with Crippen LogP contribution in [0.1, 0.15) is 91.0 Å². The Bertz CT molecular complexity index is 1280. The number of rotatable bonds is 3. The molecular formula is C38H59N5S2. The first kappa shape index (κ1) is 35.9. The second-order valence-corrected chi connectivity index (χ2v) is 16.0. The maximum atomic E-state index is 4.76. The van der Waals surface area contributed by atoms with Crippen LogP contribution in [-0.4, -0.2) is 83.1 Å². The Morgan fingerprint density at radius 2 is 1.22 bits per heavy atom. The van der Waals surface area contributed by atoms with Gasteiger partial charge in [0.05, 0.1) is 31.0 Å². The first-order valence-corrected chi connectivity index (χ1v) is 19.2. The van der Waals surface area contributed by atoms with Crippen LogP contribution in [-0.2, 0) is 0 Å². The number of para-hydroxylation sites is 2. The largest absolute Gasteiger partial charge is 0.306 e. The highest BCUT2D eigenvalue weighted by Gasteiger charge is 2.21. The zero-order chi connectivity index (χ0) is 32.2. The maximum Gasteiger partial charge on any atom is 0.0970 e. The average molecular weight is 650 g/mol. The van der Waals surface area contributed by atoms with Gasteiger partial charge in [-0.15, -0.1) is 22.7 Å². The first-order chi connectivity index (χ1) is 21.7. The van der Waals surface area contributed by atoms with Crippen molar-refractivity contribution < 1.29 is 0 Å². The molecule has 45 heavy (non-hydrogen) atoms. The fraction of sp³-hybridized carbons (Fsp3) is 0.632. The molecule has 0 bridgehead atoms. The molecule has 4 aromatic rings. The zero-order valence-corrected chi connectivity index (χ0v) is 30.8. The Morgan fingerprint density at radius 3 is 1.71 bits per heavy atom. The molecule has 0 saturated carbocycles. The molecule has 248 valence electrons. The number of likely N-dealkylation sites (tertiary alicyclic amines) is 3. The fourth-order valence-electron chi connectivity index (χ4n) is 6.51. The van der Waals surface area contributed by atoms with Crippen LogP contribution in [0.25, 0.3) is 20.4 Å². The third-order valence-corrected chi connectivity index (χ3v) is 11.5. The monoisotopic (exact) mass is 649 g/mol. The van der Waals surface area contributed by atoms with Gasteiger partial charge in [-0.1, -0.05) is 38.1 Å². The van der Waals surface area contributed by atoms with Crippen molar-refractivity contribution >= 4 is 43.1 Å². The summed E-state index contributed by atoms with van der Waals surface area (Å²) >= 11 is 3.55. The lowest BCUT2D eigenvalue weighted by Gasteiger charge is -2.33. The van der Waals surface area contributed by atoms with E-state index in [4.69, 9.17) is 4.98 Å². The summed E-state index contributed by atoms with van der Waals surface area (Å²) in [4.78, 5) is 16.5. The predicted molar refractivity (Wildman–Crippen MR) is 199 cm³/mol. The summed E-state index contributed by atoms with van der Waals surface area (Å²) in [6.45, 7) is 21.6. The molecule has 3 fully saturated rings. The van der Waals surface area contributed by atoms with E-state index in [0.29, 0.717) is 5.92 Å². The summed E-state index contributed by atoms with van der Waals surface area (Å²) in [6, 6.07) is 18.1. The van der Waals surface area contributed by atoms with Gasteiger partial charge >= 0.3 is 0 Å². The summed E-state index contributed by atoms with van der Waals surface area (Å²) in [7, 11) is 2.20. The molecule has 0 spiro atoms. The highest BCUT2D eigenvalue weighted by Crippen LogP contribution is 2.33. The number of hydrogen-bond acceptors (Lipinski definition) is 7. The normalized spacial score (nSPS) is 22.0. The van der Waals surface area contributed by atoms with E-state index in [1.807, 2.05) is 35.0 Å². The van der Waals surface area contributed by atoms with E-state index in [1.54, 1.807) is 11.3 Å². The van der Waals surface area contributed by atoms with E-state index < -0.39 is 0 Å². The van der Waals surface area contributed by atoms with Gasteiger partial charge in [-0.2, -0.15) is 0 Å². The molecular weight excluding hydrogens is 591 g/mol. The molecule has 2 aromatic carbocycles. The van der Waals surface area contributed by atoms with Crippen molar-refractivity contribution in [2.75, 3.05) is 46.3 Å². The minimum atomic E-state index is 0.689. The van der Waals surface area contributed by atoms with Crippen molar-refractivity contribution in [1.29, 1.82) is 0 Å². The van der Waals surface area contributed by atoms with Crippen molar-refractivity contribution in [2.24, 2.45) is 11.8 Å². The molecule has 0 aliphatic carbocycles. The van der Waals surface area contributed by atoms with Crippen LogP contribution in [0.5, 0.6) is 0 Å². The molecule has 5 nitrogen and oxygen atoms in total. The van der Waals surface area contributed by atoms with Crippen molar-refractivity contribution in [2.45, 2.75) is 98.1 Å². The van der Waals surface area contributed by atoms with Crippen LogP contribution in [0, 0.1) is 11.8 Å². The Hall–Kier alpha value is -1.90. The Kier molecular flexibility index (Phi) is 14.7. The predicted octanol–water partition coefficient (Wildman–Crippen LogP) is 9.66. The minimum Gasteiger partial charge on any atom is -0.306 e. The van der Waals surface area contributed by atoms with E-state index in [1.165, 1.54) is 97.7 Å². The van der Waals surface area contributed by atoms with E-state index >= 15 is 0 Å². The Labute approximate surface area is 282 Å². The molecule has 2 unspecified atom stereocenters. The fourth-order valence-corrected chi connectivity index (χ4v) is 8.33. The number of thiazole rings is 2. The van der Waals surface area contributed by atoms with Gasteiger partial charge in [0.25, 0.3) is 0 Å². The molecule has 0 amide bonds. The van der Waals surface area contributed by atoms with Crippen LogP contribution in [0.3, 0.4) is 0 Å². The first-order valence-electron chi connectivity index (χ1n) is 17.5. The van der Waals surface area contributed by atoms with Crippen molar-refractivity contribution in [3.8, 4) is 0 Å². The van der Waals surface area contributed by atoms with E-state index in [2.05, 4.69) is 98.6 Å². The molecule has 0 radical (unpaired) electrons. The van der Waals surface area contributed by atoms with Crippen LogP contribution in [0.15, 0.2) is 54.0 Å². The standard InChI is InChI=1S/C13H16N2S.2C9H19N.C7H5NS/c1-15-8-6-10(7-9-15)13-14-11-4-2-3-5-12(11)16-13;2*1-8(2)10-6-4-5-9(3)7-10;1-2-4-7-6(3-1)8-5-9-7/h2-5,10H,6-9H2,1H3;2*8-9H,4-7H2,1-3H3;1-5H. The maximum absolute atomic E-state index is 4.76. The van der Waals surface area contributed by atoms with Gasteiger partial charge in [0.15, 0.2) is 0 Å². The summed E-state index contributed by atoms with van der Waals surface area (Å²) in [5.74, 6) is 2.54. The van der Waals surface area contributed by atoms with Crippen molar-refractivity contribution in [3.05, 3.63) is 59.0 Å². The smallest absolute Gasteiger partial charge is 0.0970 e. The quantitative estimate of drug-likeness (QED) is 0.221. The van der Waals surface area contributed by atoms with Crippen LogP contribution >= 0.6 is 22.7 Å². The lowest BCUT2D eigenvalue weighted by molar-refractivity contribution is 0.147. The highest BCUT2D eigenvalue weighted by atomic mass is 32.1. The molecule has 2 atom stereocenters. The van der Waals surface area contributed by atoms with Gasteiger partial charge in [0.2, 0.25) is 0 Å². The van der Waals surface area contributed by atoms with Crippen LogP contribution < -0.4 is 0 Å². The number of aromatic nitrogens is 2. The van der Waals surface area contributed by atoms with Gasteiger partial charge in [0.1, 0.15) is 0 Å². The van der Waals surface area contributed by atoms with E-state index in [-0.39, 0.29) is 0 Å². The summed E-state index contributed by atoms with van der Waals surface area (Å²) in [5, 5.41) is 1.34. The molecule has 2 aromatic heterocycles. The van der Waals surface area contributed by atoms with E-state index in [9.17, 15) is 0 Å². The van der Waals surface area contributed by atoms with Gasteiger partial charge in [0, 0.05) is 31.1 Å².